The third kappa shape index (κ3) is 5.71. The molecule has 0 aliphatic rings. The number of hydrogen-bond acceptors (Lipinski definition) is 4. The fourth-order valence-corrected chi connectivity index (χ4v) is 3.65. The predicted octanol–water partition coefficient (Wildman–Crippen LogP) is 4.69. The van der Waals surface area contributed by atoms with Crippen LogP contribution in [0.2, 0.25) is 5.02 Å². The summed E-state index contributed by atoms with van der Waals surface area (Å²) in [4.78, 5) is 12.3. The van der Waals surface area contributed by atoms with Crippen molar-refractivity contribution in [2.24, 2.45) is 0 Å². The smallest absolute Gasteiger partial charge is 0.265 e. The maximum absolute atomic E-state index is 13.0. The zero-order valence-corrected chi connectivity index (χ0v) is 17.4. The number of anilines is 2. The van der Waals surface area contributed by atoms with E-state index in [1.165, 1.54) is 36.4 Å². The zero-order chi connectivity index (χ0) is 21.7. The number of carbonyl (C=O) groups excluding carboxylic acids is 1. The molecule has 0 heterocycles. The lowest BCUT2D eigenvalue weighted by atomic mass is 10.3. The highest BCUT2D eigenvalue weighted by Crippen LogP contribution is 2.20. The molecule has 0 radical (unpaired) electrons. The third-order valence-corrected chi connectivity index (χ3v) is 5.67. The van der Waals surface area contributed by atoms with Crippen molar-refractivity contribution in [3.05, 3.63) is 83.6 Å². The zero-order valence-electron chi connectivity index (χ0n) is 15.8. The molecule has 0 saturated heterocycles. The second kappa shape index (κ2) is 9.15. The van der Waals surface area contributed by atoms with E-state index in [0.29, 0.717) is 16.5 Å². The molecule has 0 spiro atoms. The number of benzene rings is 3. The normalized spacial score (nSPS) is 12.1. The van der Waals surface area contributed by atoms with Gasteiger partial charge in [0, 0.05) is 16.4 Å². The van der Waals surface area contributed by atoms with Gasteiger partial charge < -0.3 is 10.1 Å². The molecule has 0 bridgehead atoms. The minimum Gasteiger partial charge on any atom is -0.481 e. The van der Waals surface area contributed by atoms with Crippen LogP contribution in [0, 0.1) is 5.82 Å². The van der Waals surface area contributed by atoms with Gasteiger partial charge in [0.15, 0.2) is 6.10 Å². The minimum atomic E-state index is -3.85. The van der Waals surface area contributed by atoms with Crippen molar-refractivity contribution in [3.8, 4) is 5.75 Å². The van der Waals surface area contributed by atoms with Gasteiger partial charge in [0.1, 0.15) is 11.6 Å². The van der Waals surface area contributed by atoms with E-state index in [4.69, 9.17) is 16.3 Å². The molecule has 2 N–H and O–H groups in total. The van der Waals surface area contributed by atoms with Gasteiger partial charge in [0.05, 0.1) is 4.90 Å². The van der Waals surface area contributed by atoms with E-state index in [1.807, 2.05) is 0 Å². The molecule has 9 heteroatoms. The lowest BCUT2D eigenvalue weighted by Gasteiger charge is -2.15. The van der Waals surface area contributed by atoms with Crippen LogP contribution in [0.5, 0.6) is 5.75 Å². The van der Waals surface area contributed by atoms with Gasteiger partial charge in [-0.25, -0.2) is 12.8 Å². The molecule has 0 fully saturated rings. The SMILES string of the molecule is C[C@H](Oc1ccc(Cl)cc1)C(=O)Nc1ccc(S(=O)(=O)Nc2ccc(F)cc2)cc1. The second-order valence-corrected chi connectivity index (χ2v) is 8.46. The first-order chi connectivity index (χ1) is 14.2. The summed E-state index contributed by atoms with van der Waals surface area (Å²) in [5.41, 5.74) is 0.647. The van der Waals surface area contributed by atoms with Crippen molar-refractivity contribution in [1.82, 2.24) is 0 Å². The van der Waals surface area contributed by atoms with Crippen molar-refractivity contribution < 1.29 is 22.3 Å². The van der Waals surface area contributed by atoms with Crippen molar-refractivity contribution in [2.45, 2.75) is 17.9 Å². The summed E-state index contributed by atoms with van der Waals surface area (Å²) in [5, 5.41) is 3.22. The topological polar surface area (TPSA) is 84.5 Å². The molecule has 3 aromatic carbocycles. The Morgan fingerprint density at radius 2 is 1.50 bits per heavy atom. The number of carbonyl (C=O) groups is 1. The first-order valence-corrected chi connectivity index (χ1v) is 10.7. The first kappa shape index (κ1) is 21.6. The van der Waals surface area contributed by atoms with Crippen LogP contribution in [0.25, 0.3) is 0 Å². The minimum absolute atomic E-state index is 0.00436. The molecule has 156 valence electrons. The van der Waals surface area contributed by atoms with Crippen LogP contribution in [-0.4, -0.2) is 20.4 Å². The lowest BCUT2D eigenvalue weighted by molar-refractivity contribution is -0.122. The van der Waals surface area contributed by atoms with Gasteiger partial charge in [-0.3, -0.25) is 9.52 Å². The van der Waals surface area contributed by atoms with Gasteiger partial charge in [-0.05, 0) is 79.7 Å². The lowest BCUT2D eigenvalue weighted by Crippen LogP contribution is -2.30. The summed E-state index contributed by atoms with van der Waals surface area (Å²) in [6, 6.07) is 17.2. The van der Waals surface area contributed by atoms with Gasteiger partial charge in [-0.15, -0.1) is 0 Å². The van der Waals surface area contributed by atoms with Crippen LogP contribution >= 0.6 is 11.6 Å². The van der Waals surface area contributed by atoms with E-state index in [2.05, 4.69) is 10.0 Å². The monoisotopic (exact) mass is 448 g/mol. The number of amides is 1. The standard InChI is InChI=1S/C21H18ClFN2O4S/c1-14(29-19-10-2-15(22)3-11-19)21(26)24-17-8-12-20(13-9-17)30(27,28)25-18-6-4-16(23)5-7-18/h2-14,25H,1H3,(H,24,26)/t14-/m0/s1. The van der Waals surface area contributed by atoms with Crippen molar-refractivity contribution in [1.29, 1.82) is 0 Å². The highest BCUT2D eigenvalue weighted by molar-refractivity contribution is 7.92. The van der Waals surface area contributed by atoms with Crippen molar-refractivity contribution in [3.63, 3.8) is 0 Å². The molecule has 0 aromatic heterocycles. The summed E-state index contributed by atoms with van der Waals surface area (Å²) in [6.45, 7) is 1.59. The Morgan fingerprint density at radius 3 is 2.10 bits per heavy atom. The average molecular weight is 449 g/mol. The van der Waals surface area contributed by atoms with Gasteiger partial charge in [-0.2, -0.15) is 0 Å². The Hall–Kier alpha value is -3.10. The highest BCUT2D eigenvalue weighted by Gasteiger charge is 2.17. The summed E-state index contributed by atoms with van der Waals surface area (Å²) in [5.74, 6) is -0.368. The van der Waals surface area contributed by atoms with Gasteiger partial charge in [0.25, 0.3) is 15.9 Å². The molecule has 0 aliphatic heterocycles. The molecule has 0 aliphatic carbocycles. The van der Waals surface area contributed by atoms with Crippen LogP contribution in [0.1, 0.15) is 6.92 Å². The third-order valence-electron chi connectivity index (χ3n) is 4.02. The molecule has 6 nitrogen and oxygen atoms in total. The van der Waals surface area contributed by atoms with Crippen molar-refractivity contribution in [2.75, 3.05) is 10.0 Å². The van der Waals surface area contributed by atoms with Crippen LogP contribution in [0.4, 0.5) is 15.8 Å². The Bertz CT molecular complexity index is 1120. The molecule has 30 heavy (non-hydrogen) atoms. The molecular formula is C21H18ClFN2O4S. The number of nitrogens with one attached hydrogen (secondary N) is 2. The second-order valence-electron chi connectivity index (χ2n) is 6.34. The largest absolute Gasteiger partial charge is 0.481 e. The van der Waals surface area contributed by atoms with E-state index in [9.17, 15) is 17.6 Å². The van der Waals surface area contributed by atoms with Crippen LogP contribution < -0.4 is 14.8 Å². The van der Waals surface area contributed by atoms with E-state index < -0.39 is 27.9 Å². The quantitative estimate of drug-likeness (QED) is 0.549. The van der Waals surface area contributed by atoms with E-state index in [1.54, 1.807) is 31.2 Å². The molecule has 3 rings (SSSR count). The number of halogens is 2. The molecule has 3 aromatic rings. The van der Waals surface area contributed by atoms with Crippen molar-refractivity contribution >= 4 is 38.9 Å². The summed E-state index contributed by atoms with van der Waals surface area (Å²) in [6.07, 6.45) is -0.783. The molecule has 1 amide bonds. The van der Waals surface area contributed by atoms with E-state index in [0.717, 1.165) is 12.1 Å². The number of ether oxygens (including phenoxy) is 1. The molecular weight excluding hydrogens is 431 g/mol. The van der Waals surface area contributed by atoms with Gasteiger partial charge >= 0.3 is 0 Å². The summed E-state index contributed by atoms with van der Waals surface area (Å²) >= 11 is 5.82. The van der Waals surface area contributed by atoms with Crippen LogP contribution in [0.15, 0.2) is 77.7 Å². The van der Waals surface area contributed by atoms with Crippen LogP contribution in [0.3, 0.4) is 0 Å². The Labute approximate surface area is 178 Å². The molecule has 1 atom stereocenters. The maximum atomic E-state index is 13.0. The van der Waals surface area contributed by atoms with Gasteiger partial charge in [-0.1, -0.05) is 11.6 Å². The summed E-state index contributed by atoms with van der Waals surface area (Å²) < 4.78 is 45.7. The number of sulfonamides is 1. The van der Waals surface area contributed by atoms with E-state index in [-0.39, 0.29) is 10.6 Å². The number of hydrogen-bond donors (Lipinski definition) is 2. The Kier molecular flexibility index (Phi) is 6.59. The van der Waals surface area contributed by atoms with Crippen LogP contribution in [-0.2, 0) is 14.8 Å². The molecule has 0 saturated carbocycles. The highest BCUT2D eigenvalue weighted by atomic mass is 35.5. The first-order valence-electron chi connectivity index (χ1n) is 8.84. The fraction of sp³-hybridized carbons (Fsp3) is 0.0952. The predicted molar refractivity (Wildman–Crippen MR) is 114 cm³/mol. The Balaban J connectivity index is 1.62. The Morgan fingerprint density at radius 1 is 0.933 bits per heavy atom. The van der Waals surface area contributed by atoms with Gasteiger partial charge in [0.2, 0.25) is 0 Å². The average Bonchev–Trinajstić information content (AvgIpc) is 2.71. The summed E-state index contributed by atoms with van der Waals surface area (Å²) in [7, 11) is -3.85. The maximum Gasteiger partial charge on any atom is 0.265 e. The number of rotatable bonds is 7. The van der Waals surface area contributed by atoms with E-state index >= 15 is 0 Å². The fourth-order valence-electron chi connectivity index (χ4n) is 2.46. The molecule has 0 unspecified atom stereocenters.